The summed E-state index contributed by atoms with van der Waals surface area (Å²) in [5.74, 6) is -1.71. The van der Waals surface area contributed by atoms with Gasteiger partial charge in [-0.1, -0.05) is 0 Å². The van der Waals surface area contributed by atoms with E-state index in [1.165, 1.54) is 4.57 Å². The summed E-state index contributed by atoms with van der Waals surface area (Å²) in [6.07, 6.45) is 3.17. The first-order valence-corrected chi connectivity index (χ1v) is 3.70. The summed E-state index contributed by atoms with van der Waals surface area (Å²) < 4.78 is 34.7. The van der Waals surface area contributed by atoms with Crippen molar-refractivity contribution in [2.45, 2.75) is 0 Å². The Bertz CT molecular complexity index is 433. The van der Waals surface area contributed by atoms with Crippen LogP contribution in [0.4, 0.5) is 8.78 Å². The van der Waals surface area contributed by atoms with Gasteiger partial charge < -0.3 is 4.57 Å². The predicted molar refractivity (Wildman–Crippen MR) is 44.5 cm³/mol. The molecule has 0 atom stereocenters. The van der Waals surface area contributed by atoms with E-state index < -0.39 is 11.6 Å². The van der Waals surface area contributed by atoms with E-state index in [2.05, 4.69) is 0 Å². The molecule has 0 aliphatic rings. The predicted octanol–water partition coefficient (Wildman–Crippen LogP) is 2.55. The van der Waals surface area contributed by atoms with Crippen LogP contribution in [0.3, 0.4) is 0 Å². The Labute approximate surface area is 96.6 Å². The maximum Gasteiger partial charge on any atom is 0.0368 e. The van der Waals surface area contributed by atoms with Gasteiger partial charge in [0.05, 0.1) is 0 Å². The van der Waals surface area contributed by atoms with Crippen molar-refractivity contribution in [1.29, 1.82) is 0 Å². The zero-order valence-electron chi connectivity index (χ0n) is 8.09. The second-order valence-electron chi connectivity index (χ2n) is 2.51. The van der Waals surface area contributed by atoms with E-state index in [4.69, 9.17) is 1.37 Å². The van der Waals surface area contributed by atoms with Crippen molar-refractivity contribution in [2.75, 3.05) is 0 Å². The molecular weight excluding hydrogens is 220 g/mol. The molecule has 0 saturated carbocycles. The monoisotopic (exact) mass is 227 g/mol. The van der Waals surface area contributed by atoms with Gasteiger partial charge in [-0.25, -0.2) is 8.78 Å². The second kappa shape index (κ2) is 4.53. The largest absolute Gasteiger partial charge is 0.375 e. The summed E-state index contributed by atoms with van der Waals surface area (Å²) in [6, 6.07) is 6.02. The Hall–Kier alpha value is -0.926. The van der Waals surface area contributed by atoms with Gasteiger partial charge in [0.1, 0.15) is 0 Å². The van der Waals surface area contributed by atoms with Gasteiger partial charge in [-0.05, 0) is 30.2 Å². The SMILES string of the molecule is [2H]c1cc(F)[c-]c(F)c1-n1cccc1.[Ti]. The number of hydrogen-bond donors (Lipinski definition) is 0. The summed E-state index contributed by atoms with van der Waals surface area (Å²) >= 11 is 0. The van der Waals surface area contributed by atoms with Gasteiger partial charge >= 0.3 is 0 Å². The van der Waals surface area contributed by atoms with Crippen LogP contribution >= 0.6 is 0 Å². The van der Waals surface area contributed by atoms with E-state index in [9.17, 15) is 8.78 Å². The summed E-state index contributed by atoms with van der Waals surface area (Å²) in [5, 5.41) is 0. The summed E-state index contributed by atoms with van der Waals surface area (Å²) in [5.41, 5.74) is 0.0106. The van der Waals surface area contributed by atoms with Crippen LogP contribution in [0.15, 0.2) is 36.6 Å². The fourth-order valence-corrected chi connectivity index (χ4v) is 1.07. The normalized spacial score (nSPS) is 10.6. The van der Waals surface area contributed by atoms with Crippen molar-refractivity contribution in [1.82, 2.24) is 4.57 Å². The van der Waals surface area contributed by atoms with Crippen LogP contribution in [-0.2, 0) is 21.7 Å². The maximum absolute atomic E-state index is 13.2. The van der Waals surface area contributed by atoms with Crippen molar-refractivity contribution in [3.8, 4) is 5.69 Å². The van der Waals surface area contributed by atoms with Crippen molar-refractivity contribution in [3.63, 3.8) is 0 Å². The maximum atomic E-state index is 13.2. The van der Waals surface area contributed by atoms with Crippen molar-refractivity contribution in [2.24, 2.45) is 0 Å². The Morgan fingerprint density at radius 2 is 1.93 bits per heavy atom. The van der Waals surface area contributed by atoms with Crippen LogP contribution in [0.25, 0.3) is 5.69 Å². The fraction of sp³-hybridized carbons (Fsp3) is 0. The Kier molecular flexibility index (Phi) is 3.12. The van der Waals surface area contributed by atoms with Crippen LogP contribution in [0.1, 0.15) is 1.37 Å². The molecule has 70 valence electrons. The Morgan fingerprint density at radius 1 is 1.29 bits per heavy atom. The minimum atomic E-state index is -0.858. The number of benzene rings is 1. The molecule has 4 heteroatoms. The van der Waals surface area contributed by atoms with Crippen LogP contribution in [0, 0.1) is 17.7 Å². The van der Waals surface area contributed by atoms with E-state index in [-0.39, 0.29) is 33.4 Å². The third kappa shape index (κ3) is 2.11. The standard InChI is InChI=1S/C10H6F2N.Ti/c11-8-3-4-10(9(12)7-8)13-5-1-2-6-13;/h1-6H;/q-1;/i4D;. The molecule has 0 bridgehead atoms. The molecule has 0 radical (unpaired) electrons. The molecule has 1 aromatic heterocycles. The molecule has 0 saturated heterocycles. The smallest absolute Gasteiger partial charge is 0.0368 e. The van der Waals surface area contributed by atoms with E-state index in [0.29, 0.717) is 0 Å². The van der Waals surface area contributed by atoms with Gasteiger partial charge in [-0.3, -0.25) is 0 Å². The number of rotatable bonds is 1. The number of hydrogen-bond acceptors (Lipinski definition) is 0. The van der Waals surface area contributed by atoms with Crippen LogP contribution < -0.4 is 0 Å². The van der Waals surface area contributed by atoms with E-state index >= 15 is 0 Å². The van der Waals surface area contributed by atoms with Crippen molar-refractivity contribution in [3.05, 3.63) is 54.3 Å². The van der Waals surface area contributed by atoms with Crippen LogP contribution in [0.5, 0.6) is 0 Å². The van der Waals surface area contributed by atoms with Gasteiger partial charge in [0.2, 0.25) is 0 Å². The first-order valence-electron chi connectivity index (χ1n) is 4.20. The van der Waals surface area contributed by atoms with E-state index in [1.54, 1.807) is 24.5 Å². The zero-order chi connectivity index (χ0) is 10.1. The molecule has 2 aromatic rings. The third-order valence-electron chi connectivity index (χ3n) is 1.64. The molecule has 1 nitrogen and oxygen atoms in total. The molecule has 0 fully saturated rings. The first kappa shape index (κ1) is 9.62. The summed E-state index contributed by atoms with van der Waals surface area (Å²) in [7, 11) is 0. The summed E-state index contributed by atoms with van der Waals surface area (Å²) in [6.45, 7) is 0. The zero-order valence-corrected chi connectivity index (χ0v) is 8.65. The van der Waals surface area contributed by atoms with Gasteiger partial charge in [-0.2, -0.15) is 0 Å². The second-order valence-corrected chi connectivity index (χ2v) is 2.51. The van der Waals surface area contributed by atoms with Crippen molar-refractivity contribution < 1.29 is 31.9 Å². The fourth-order valence-electron chi connectivity index (χ4n) is 1.07. The molecule has 0 N–H and O–H groups in total. The quantitative estimate of drug-likeness (QED) is 0.521. The topological polar surface area (TPSA) is 4.93 Å². The third-order valence-corrected chi connectivity index (χ3v) is 1.64. The minimum absolute atomic E-state index is 0. The van der Waals surface area contributed by atoms with Crippen LogP contribution in [-0.4, -0.2) is 4.57 Å². The number of halogens is 2. The molecule has 0 spiro atoms. The molecule has 1 heterocycles. The van der Waals surface area contributed by atoms with E-state index in [1.807, 2.05) is 6.07 Å². The average Bonchev–Trinajstić information content (AvgIpc) is 2.54. The van der Waals surface area contributed by atoms with Gasteiger partial charge in [0, 0.05) is 34.7 Å². The molecule has 1 aromatic carbocycles. The Morgan fingerprint density at radius 3 is 2.50 bits per heavy atom. The molecule has 0 aliphatic carbocycles. The van der Waals surface area contributed by atoms with Crippen molar-refractivity contribution >= 4 is 0 Å². The van der Waals surface area contributed by atoms with E-state index in [0.717, 1.165) is 6.07 Å². The first-order chi connectivity index (χ1) is 6.68. The average molecular weight is 227 g/mol. The summed E-state index contributed by atoms with van der Waals surface area (Å²) in [4.78, 5) is 0. The molecule has 0 aliphatic heterocycles. The van der Waals surface area contributed by atoms with Gasteiger partial charge in [-0.15, -0.1) is 18.2 Å². The minimum Gasteiger partial charge on any atom is -0.375 e. The molecule has 14 heavy (non-hydrogen) atoms. The molecule has 0 unspecified atom stereocenters. The van der Waals surface area contributed by atoms with Crippen LogP contribution in [0.2, 0.25) is 0 Å². The van der Waals surface area contributed by atoms with Gasteiger partial charge in [0.15, 0.2) is 0 Å². The number of aromatic nitrogens is 1. The molecule has 0 amide bonds. The number of nitrogens with zero attached hydrogens (tertiary/aromatic N) is 1. The molecular formula is C10H6F2NTi-. The molecule has 2 rings (SSSR count). The van der Waals surface area contributed by atoms with Gasteiger partial charge in [0.25, 0.3) is 0 Å². The Balaban J connectivity index is 0.00000112.